The number of likely N-dealkylation sites (tertiary alicyclic amines) is 1. The number of imidazole rings is 1. The van der Waals surface area contributed by atoms with Gasteiger partial charge in [0.25, 0.3) is 0 Å². The van der Waals surface area contributed by atoms with Crippen LogP contribution >= 0.6 is 0 Å². The van der Waals surface area contributed by atoms with E-state index in [0.29, 0.717) is 6.04 Å². The maximum absolute atomic E-state index is 4.70. The maximum atomic E-state index is 4.70. The smallest absolute Gasteiger partial charge is 0.110 e. The highest BCUT2D eigenvalue weighted by Crippen LogP contribution is 2.24. The summed E-state index contributed by atoms with van der Waals surface area (Å²) in [6, 6.07) is 0.711. The molecule has 0 N–H and O–H groups in total. The van der Waals surface area contributed by atoms with Crippen molar-refractivity contribution in [1.82, 2.24) is 14.5 Å². The van der Waals surface area contributed by atoms with E-state index in [1.54, 1.807) is 0 Å². The third kappa shape index (κ3) is 2.33. The normalized spacial score (nSPS) is 29.2. The molecule has 3 rings (SSSR count). The van der Waals surface area contributed by atoms with Crippen molar-refractivity contribution < 1.29 is 0 Å². The summed E-state index contributed by atoms with van der Waals surface area (Å²) >= 11 is 0. The monoisotopic (exact) mass is 247 g/mol. The van der Waals surface area contributed by atoms with Gasteiger partial charge in [0, 0.05) is 30.9 Å². The average molecular weight is 247 g/mol. The lowest BCUT2D eigenvalue weighted by atomic mass is 9.98. The van der Waals surface area contributed by atoms with Crippen molar-refractivity contribution in [3.8, 4) is 0 Å². The van der Waals surface area contributed by atoms with Gasteiger partial charge in [0.15, 0.2) is 0 Å². The molecule has 0 aliphatic carbocycles. The zero-order valence-electron chi connectivity index (χ0n) is 11.7. The lowest BCUT2D eigenvalue weighted by Gasteiger charge is -2.33. The predicted octanol–water partition coefficient (Wildman–Crippen LogP) is 2.49. The summed E-state index contributed by atoms with van der Waals surface area (Å²) < 4.78 is 2.50. The first kappa shape index (κ1) is 12.2. The van der Waals surface area contributed by atoms with Crippen molar-refractivity contribution in [1.29, 1.82) is 0 Å². The number of aromatic nitrogens is 2. The molecule has 2 atom stereocenters. The fourth-order valence-corrected chi connectivity index (χ4v) is 3.45. The van der Waals surface area contributed by atoms with Crippen LogP contribution in [0.15, 0.2) is 6.20 Å². The maximum Gasteiger partial charge on any atom is 0.110 e. The van der Waals surface area contributed by atoms with Crippen molar-refractivity contribution in [3.05, 3.63) is 17.7 Å². The molecule has 0 radical (unpaired) electrons. The first-order chi connectivity index (χ1) is 8.74. The van der Waals surface area contributed by atoms with Crippen LogP contribution in [0, 0.1) is 5.92 Å². The Hall–Kier alpha value is -0.830. The molecular weight excluding hydrogens is 222 g/mol. The number of rotatable bonds is 2. The Labute approximate surface area is 110 Å². The summed E-state index contributed by atoms with van der Waals surface area (Å²) in [6.07, 6.45) is 9.90. The van der Waals surface area contributed by atoms with Gasteiger partial charge in [-0.3, -0.25) is 0 Å². The van der Waals surface area contributed by atoms with Crippen LogP contribution in [0.4, 0.5) is 0 Å². The van der Waals surface area contributed by atoms with Gasteiger partial charge < -0.3 is 9.47 Å². The van der Waals surface area contributed by atoms with Gasteiger partial charge in [-0.15, -0.1) is 0 Å². The van der Waals surface area contributed by atoms with Crippen molar-refractivity contribution in [2.45, 2.75) is 58.0 Å². The molecule has 2 aliphatic heterocycles. The van der Waals surface area contributed by atoms with Gasteiger partial charge in [-0.2, -0.15) is 0 Å². The summed E-state index contributed by atoms with van der Waals surface area (Å²) in [7, 11) is 2.27. The van der Waals surface area contributed by atoms with Gasteiger partial charge in [0.1, 0.15) is 5.82 Å². The minimum atomic E-state index is 0.711. The van der Waals surface area contributed by atoms with Crippen LogP contribution in [-0.4, -0.2) is 34.1 Å². The molecule has 2 aliphatic rings. The van der Waals surface area contributed by atoms with Crippen LogP contribution in [-0.2, 0) is 19.4 Å². The second-order valence-electron chi connectivity index (χ2n) is 6.25. The molecule has 1 saturated heterocycles. The first-order valence-corrected chi connectivity index (χ1v) is 7.47. The number of aryl methyl sites for hydroxylation is 1. The Balaban J connectivity index is 1.74. The zero-order valence-corrected chi connectivity index (χ0v) is 11.7. The third-order valence-corrected chi connectivity index (χ3v) is 4.75. The zero-order chi connectivity index (χ0) is 12.5. The fourth-order valence-electron chi connectivity index (χ4n) is 3.45. The van der Waals surface area contributed by atoms with Gasteiger partial charge in [-0.25, -0.2) is 4.98 Å². The van der Waals surface area contributed by atoms with Crippen molar-refractivity contribution in [2.24, 2.45) is 5.92 Å². The van der Waals surface area contributed by atoms with Crippen LogP contribution in [0.25, 0.3) is 0 Å². The Bertz CT molecular complexity index is 410. The number of hydrogen-bond acceptors (Lipinski definition) is 2. The molecule has 18 heavy (non-hydrogen) atoms. The Morgan fingerprint density at radius 2 is 2.22 bits per heavy atom. The molecule has 3 nitrogen and oxygen atoms in total. The van der Waals surface area contributed by atoms with Crippen LogP contribution < -0.4 is 0 Å². The summed E-state index contributed by atoms with van der Waals surface area (Å²) in [5, 5.41) is 0. The third-order valence-electron chi connectivity index (χ3n) is 4.75. The van der Waals surface area contributed by atoms with E-state index in [9.17, 15) is 0 Å². The minimum absolute atomic E-state index is 0.711. The molecule has 3 heterocycles. The second-order valence-corrected chi connectivity index (χ2v) is 6.25. The highest BCUT2D eigenvalue weighted by Gasteiger charge is 2.24. The lowest BCUT2D eigenvalue weighted by molar-refractivity contribution is 0.180. The number of likely N-dealkylation sites (N-methyl/N-ethyl adjacent to an activating group) is 1. The van der Waals surface area contributed by atoms with Crippen LogP contribution in [0.1, 0.15) is 44.1 Å². The molecule has 0 bridgehead atoms. The predicted molar refractivity (Wildman–Crippen MR) is 73.7 cm³/mol. The Morgan fingerprint density at radius 3 is 3.06 bits per heavy atom. The molecule has 3 heteroatoms. The standard InChI is InChI=1S/C15H25N3/c1-12-6-7-14-10-16-15(18(14)11-12)9-13-5-3-4-8-17(13)2/h10,12-13H,3-9,11H2,1-2H3. The fraction of sp³-hybridized carbons (Fsp3) is 0.800. The number of nitrogens with zero attached hydrogens (tertiary/aromatic N) is 3. The largest absolute Gasteiger partial charge is 0.332 e. The summed E-state index contributed by atoms with van der Waals surface area (Å²) in [6.45, 7) is 4.80. The molecule has 2 unspecified atom stereocenters. The molecular formula is C15H25N3. The Morgan fingerprint density at radius 1 is 1.33 bits per heavy atom. The van der Waals surface area contributed by atoms with Crippen molar-refractivity contribution in [2.75, 3.05) is 13.6 Å². The molecule has 0 saturated carbocycles. The van der Waals surface area contributed by atoms with Gasteiger partial charge in [0.2, 0.25) is 0 Å². The molecule has 0 amide bonds. The molecule has 1 aromatic heterocycles. The van der Waals surface area contributed by atoms with Crippen LogP contribution in [0.3, 0.4) is 0 Å². The number of fused-ring (bicyclic) bond motifs is 1. The molecule has 0 aromatic carbocycles. The van der Waals surface area contributed by atoms with Crippen LogP contribution in [0.5, 0.6) is 0 Å². The summed E-state index contributed by atoms with van der Waals surface area (Å²) in [5.74, 6) is 2.14. The molecule has 100 valence electrons. The van der Waals surface area contributed by atoms with Gasteiger partial charge in [0.05, 0.1) is 0 Å². The van der Waals surface area contributed by atoms with E-state index in [2.05, 4.69) is 29.6 Å². The van der Waals surface area contributed by atoms with E-state index in [1.165, 1.54) is 56.7 Å². The first-order valence-electron chi connectivity index (χ1n) is 7.47. The number of hydrogen-bond donors (Lipinski definition) is 0. The Kier molecular flexibility index (Phi) is 3.42. The minimum Gasteiger partial charge on any atom is -0.332 e. The molecule has 0 spiro atoms. The van der Waals surface area contributed by atoms with E-state index < -0.39 is 0 Å². The average Bonchev–Trinajstić information content (AvgIpc) is 2.75. The number of piperidine rings is 1. The second kappa shape index (κ2) is 5.04. The SMILES string of the molecule is CC1CCc2cnc(CC3CCCCN3C)n2C1. The molecule has 1 aromatic rings. The van der Waals surface area contributed by atoms with E-state index in [1.807, 2.05) is 0 Å². The van der Waals surface area contributed by atoms with Crippen LogP contribution in [0.2, 0.25) is 0 Å². The quantitative estimate of drug-likeness (QED) is 0.800. The van der Waals surface area contributed by atoms with Gasteiger partial charge >= 0.3 is 0 Å². The van der Waals surface area contributed by atoms with E-state index in [-0.39, 0.29) is 0 Å². The van der Waals surface area contributed by atoms with Gasteiger partial charge in [-0.1, -0.05) is 13.3 Å². The summed E-state index contributed by atoms with van der Waals surface area (Å²) in [4.78, 5) is 7.22. The van der Waals surface area contributed by atoms with E-state index in [0.717, 1.165) is 12.3 Å². The van der Waals surface area contributed by atoms with Crippen molar-refractivity contribution in [3.63, 3.8) is 0 Å². The lowest BCUT2D eigenvalue weighted by Crippen LogP contribution is -2.38. The molecule has 1 fully saturated rings. The highest BCUT2D eigenvalue weighted by molar-refractivity contribution is 5.10. The summed E-state index contributed by atoms with van der Waals surface area (Å²) in [5.41, 5.74) is 1.46. The van der Waals surface area contributed by atoms with Gasteiger partial charge in [-0.05, 0) is 45.2 Å². The topological polar surface area (TPSA) is 21.1 Å². The van der Waals surface area contributed by atoms with E-state index in [4.69, 9.17) is 4.98 Å². The highest BCUT2D eigenvalue weighted by atomic mass is 15.2. The van der Waals surface area contributed by atoms with E-state index >= 15 is 0 Å². The van der Waals surface area contributed by atoms with Crippen molar-refractivity contribution >= 4 is 0 Å².